The van der Waals surface area contributed by atoms with Crippen LogP contribution in [0.3, 0.4) is 0 Å². The zero-order chi connectivity index (χ0) is 6.85. The first-order valence-electron chi connectivity index (χ1n) is 2.34. The van der Waals surface area contributed by atoms with Crippen molar-refractivity contribution in [1.82, 2.24) is 9.78 Å². The molecule has 0 radical (unpaired) electrons. The van der Waals surface area contributed by atoms with Gasteiger partial charge >= 0.3 is 5.82 Å². The van der Waals surface area contributed by atoms with Crippen LogP contribution >= 0.6 is 0 Å². The molecule has 9 heavy (non-hydrogen) atoms. The highest BCUT2D eigenvalue weighted by Gasteiger charge is 2.06. The van der Waals surface area contributed by atoms with Crippen LogP contribution < -0.4 is 0 Å². The molecule has 1 aromatic heterocycles. The Morgan fingerprint density at radius 3 is 2.78 bits per heavy atom. The summed E-state index contributed by atoms with van der Waals surface area (Å²) in [7, 11) is 1.63. The van der Waals surface area contributed by atoms with Gasteiger partial charge in [-0.15, -0.1) is 0 Å². The van der Waals surface area contributed by atoms with Gasteiger partial charge in [-0.1, -0.05) is 0 Å². The molecule has 1 heterocycles. The smallest absolute Gasteiger partial charge is 0.358 e. The fourth-order valence-electron chi connectivity index (χ4n) is 0.500. The molecule has 0 spiro atoms. The lowest BCUT2D eigenvalue weighted by molar-refractivity contribution is -0.389. The number of hydrogen-bond donors (Lipinski definition) is 0. The molecule has 0 saturated carbocycles. The summed E-state index contributed by atoms with van der Waals surface area (Å²) in [5.74, 6) is -0.113. The van der Waals surface area contributed by atoms with E-state index in [4.69, 9.17) is 0 Å². The van der Waals surface area contributed by atoms with E-state index >= 15 is 0 Å². The zero-order valence-electron chi connectivity index (χ0n) is 4.81. The maximum absolute atomic E-state index is 9.94. The molecular formula is C4H5N3O2. The predicted molar refractivity (Wildman–Crippen MR) is 29.9 cm³/mol. The minimum Gasteiger partial charge on any atom is -0.358 e. The van der Waals surface area contributed by atoms with Crippen molar-refractivity contribution >= 4 is 5.82 Å². The van der Waals surface area contributed by atoms with E-state index in [1.165, 1.54) is 16.9 Å². The average Bonchev–Trinajstić information content (AvgIpc) is 2.14. The Labute approximate surface area is 51.1 Å². The second-order valence-corrected chi connectivity index (χ2v) is 1.60. The van der Waals surface area contributed by atoms with E-state index in [1.807, 2.05) is 0 Å². The Balaban J connectivity index is 2.98. The van der Waals surface area contributed by atoms with E-state index in [2.05, 4.69) is 5.10 Å². The van der Waals surface area contributed by atoms with Crippen molar-refractivity contribution in [2.75, 3.05) is 0 Å². The second-order valence-electron chi connectivity index (χ2n) is 1.60. The quantitative estimate of drug-likeness (QED) is 0.403. The molecule has 0 bridgehead atoms. The molecule has 0 N–H and O–H groups in total. The summed E-state index contributed by atoms with van der Waals surface area (Å²) >= 11 is 0. The van der Waals surface area contributed by atoms with Gasteiger partial charge in [0.15, 0.2) is 0 Å². The van der Waals surface area contributed by atoms with E-state index in [0.717, 1.165) is 0 Å². The van der Waals surface area contributed by atoms with Gasteiger partial charge in [0.25, 0.3) is 0 Å². The van der Waals surface area contributed by atoms with E-state index in [1.54, 1.807) is 7.05 Å². The molecule has 0 saturated heterocycles. The summed E-state index contributed by atoms with van der Waals surface area (Å²) in [6.45, 7) is 0. The highest BCUT2D eigenvalue weighted by molar-refractivity contribution is 5.13. The maximum atomic E-state index is 9.94. The standard InChI is InChI=1S/C4H5N3O2/c1-6-3-2-4(5-6)7(8)9/h2-3H,1H3. The van der Waals surface area contributed by atoms with Gasteiger partial charge in [-0.05, 0) is 4.92 Å². The number of nitrogens with zero attached hydrogens (tertiary/aromatic N) is 3. The van der Waals surface area contributed by atoms with E-state index in [0.29, 0.717) is 0 Å². The molecule has 5 heteroatoms. The van der Waals surface area contributed by atoms with Crippen LogP contribution in [0.2, 0.25) is 0 Å². The summed E-state index contributed by atoms with van der Waals surface area (Å²) in [5, 5.41) is 13.5. The highest BCUT2D eigenvalue weighted by Crippen LogP contribution is 2.02. The summed E-state index contributed by atoms with van der Waals surface area (Å²) in [5.41, 5.74) is 0. The number of hydrogen-bond acceptors (Lipinski definition) is 3. The molecule has 0 unspecified atom stereocenters. The van der Waals surface area contributed by atoms with Crippen LogP contribution in [0.15, 0.2) is 12.3 Å². The largest absolute Gasteiger partial charge is 0.389 e. The predicted octanol–water partition coefficient (Wildman–Crippen LogP) is 0.328. The summed E-state index contributed by atoms with van der Waals surface area (Å²) in [6.07, 6.45) is 1.53. The van der Waals surface area contributed by atoms with Crippen molar-refractivity contribution in [3.63, 3.8) is 0 Å². The van der Waals surface area contributed by atoms with Crippen LogP contribution in [0.5, 0.6) is 0 Å². The Morgan fingerprint density at radius 1 is 1.89 bits per heavy atom. The molecule has 48 valence electrons. The Bertz CT molecular complexity index is 229. The van der Waals surface area contributed by atoms with Gasteiger partial charge in [-0.2, -0.15) is 4.68 Å². The Morgan fingerprint density at radius 2 is 2.56 bits per heavy atom. The highest BCUT2D eigenvalue weighted by atomic mass is 16.6. The Hall–Kier alpha value is -1.39. The van der Waals surface area contributed by atoms with E-state index in [-0.39, 0.29) is 5.82 Å². The van der Waals surface area contributed by atoms with Crippen LogP contribution in [0.1, 0.15) is 0 Å². The molecule has 0 fully saturated rings. The normalized spacial score (nSPS) is 9.44. The molecule has 0 amide bonds. The van der Waals surface area contributed by atoms with Crippen molar-refractivity contribution in [3.8, 4) is 0 Å². The first kappa shape index (κ1) is 5.74. The monoisotopic (exact) mass is 127 g/mol. The molecule has 5 nitrogen and oxygen atoms in total. The first-order valence-corrected chi connectivity index (χ1v) is 2.34. The summed E-state index contributed by atoms with van der Waals surface area (Å²) in [4.78, 5) is 9.42. The SMILES string of the molecule is Cn1ccc([N+](=O)[O-])n1. The zero-order valence-corrected chi connectivity index (χ0v) is 4.81. The van der Waals surface area contributed by atoms with Crippen LogP contribution in [-0.4, -0.2) is 14.7 Å². The molecule has 0 aliphatic carbocycles. The van der Waals surface area contributed by atoms with Crippen LogP contribution in [0.4, 0.5) is 5.82 Å². The van der Waals surface area contributed by atoms with Crippen molar-refractivity contribution in [1.29, 1.82) is 0 Å². The minimum absolute atomic E-state index is 0.113. The third-order valence-electron chi connectivity index (χ3n) is 0.887. The fourth-order valence-corrected chi connectivity index (χ4v) is 0.500. The number of aromatic nitrogens is 2. The molecule has 1 aromatic rings. The van der Waals surface area contributed by atoms with Gasteiger partial charge in [-0.25, -0.2) is 0 Å². The van der Waals surface area contributed by atoms with Gasteiger partial charge in [0.1, 0.15) is 0 Å². The molecule has 0 atom stereocenters. The van der Waals surface area contributed by atoms with Crippen molar-refractivity contribution in [2.24, 2.45) is 7.05 Å². The molecule has 0 aliphatic heterocycles. The lowest BCUT2D eigenvalue weighted by Crippen LogP contribution is -1.91. The van der Waals surface area contributed by atoms with Crippen LogP contribution in [0, 0.1) is 10.1 Å². The third-order valence-corrected chi connectivity index (χ3v) is 0.887. The number of nitro groups is 1. The Kier molecular flexibility index (Phi) is 1.18. The van der Waals surface area contributed by atoms with Crippen molar-refractivity contribution in [3.05, 3.63) is 22.4 Å². The minimum atomic E-state index is -0.528. The second kappa shape index (κ2) is 1.85. The van der Waals surface area contributed by atoms with E-state index < -0.39 is 4.92 Å². The molecule has 0 aliphatic rings. The van der Waals surface area contributed by atoms with Gasteiger partial charge in [0.05, 0.1) is 24.4 Å². The summed E-state index contributed by atoms with van der Waals surface area (Å²) < 4.78 is 1.39. The van der Waals surface area contributed by atoms with Crippen molar-refractivity contribution < 1.29 is 4.92 Å². The van der Waals surface area contributed by atoms with Gasteiger partial charge in [0.2, 0.25) is 0 Å². The fraction of sp³-hybridized carbons (Fsp3) is 0.250. The summed E-state index contributed by atoms with van der Waals surface area (Å²) in [6, 6.07) is 1.35. The topological polar surface area (TPSA) is 61.0 Å². The van der Waals surface area contributed by atoms with Crippen molar-refractivity contribution in [2.45, 2.75) is 0 Å². The van der Waals surface area contributed by atoms with Gasteiger partial charge in [-0.3, -0.25) is 0 Å². The maximum Gasteiger partial charge on any atom is 0.389 e. The van der Waals surface area contributed by atoms with Gasteiger partial charge in [0, 0.05) is 0 Å². The number of aryl methyl sites for hydroxylation is 1. The number of rotatable bonds is 1. The lowest BCUT2D eigenvalue weighted by atomic mass is 10.7. The third kappa shape index (κ3) is 1.04. The molecule has 1 rings (SSSR count). The lowest BCUT2D eigenvalue weighted by Gasteiger charge is -1.81. The molecule has 0 aromatic carbocycles. The first-order chi connectivity index (χ1) is 4.20. The molecular weight excluding hydrogens is 122 g/mol. The van der Waals surface area contributed by atoms with E-state index in [9.17, 15) is 10.1 Å². The van der Waals surface area contributed by atoms with Crippen LogP contribution in [-0.2, 0) is 7.05 Å². The van der Waals surface area contributed by atoms with Gasteiger partial charge < -0.3 is 10.1 Å². The average molecular weight is 127 g/mol. The van der Waals surface area contributed by atoms with Crippen LogP contribution in [0.25, 0.3) is 0 Å².